The zero-order chi connectivity index (χ0) is 20.7. The van der Waals surface area contributed by atoms with Gasteiger partial charge in [-0.05, 0) is 41.0 Å². The van der Waals surface area contributed by atoms with Gasteiger partial charge in [-0.2, -0.15) is 0 Å². The van der Waals surface area contributed by atoms with Crippen molar-refractivity contribution in [3.8, 4) is 11.1 Å². The molecule has 0 radical (unpaired) electrons. The first-order valence-electron chi connectivity index (χ1n) is 9.89. The summed E-state index contributed by atoms with van der Waals surface area (Å²) in [6.45, 7) is 2.33. The third-order valence-corrected chi connectivity index (χ3v) is 5.62. The molecule has 0 spiro atoms. The van der Waals surface area contributed by atoms with Gasteiger partial charge in [0.15, 0.2) is 0 Å². The van der Waals surface area contributed by atoms with Crippen LogP contribution in [0.1, 0.15) is 16.9 Å². The largest absolute Gasteiger partial charge is 0.460 e. The second kappa shape index (κ2) is 7.50. The molecule has 30 heavy (non-hydrogen) atoms. The Morgan fingerprint density at radius 2 is 1.63 bits per heavy atom. The summed E-state index contributed by atoms with van der Waals surface area (Å²) in [6, 6.07) is 18.4. The van der Waals surface area contributed by atoms with Crippen molar-refractivity contribution in [1.82, 2.24) is 4.90 Å². The zero-order valence-electron chi connectivity index (χ0n) is 16.2. The first-order valence-corrected chi connectivity index (χ1v) is 9.89. The summed E-state index contributed by atoms with van der Waals surface area (Å²) in [6.07, 6.45) is 0.460. The van der Waals surface area contributed by atoms with Crippen molar-refractivity contribution >= 4 is 11.0 Å². The number of halogens is 2. The Hall–Kier alpha value is -3.31. The summed E-state index contributed by atoms with van der Waals surface area (Å²) in [5.41, 5.74) is 2.95. The topological polar surface area (TPSA) is 33.5 Å². The van der Waals surface area contributed by atoms with E-state index >= 15 is 0 Å². The number of hydrogen-bond acceptors (Lipinski definition) is 3. The lowest BCUT2D eigenvalue weighted by Gasteiger charge is -2.16. The second-order valence-corrected chi connectivity index (χ2v) is 7.58. The molecule has 0 unspecified atom stereocenters. The highest BCUT2D eigenvalue weighted by molar-refractivity contribution is 5.83. The molecule has 0 atom stereocenters. The molecule has 3 aromatic carbocycles. The highest BCUT2D eigenvalue weighted by Crippen LogP contribution is 2.28. The quantitative estimate of drug-likeness (QED) is 0.464. The minimum Gasteiger partial charge on any atom is -0.460 e. The van der Waals surface area contributed by atoms with Gasteiger partial charge in [-0.3, -0.25) is 9.69 Å². The van der Waals surface area contributed by atoms with E-state index in [0.29, 0.717) is 24.3 Å². The van der Waals surface area contributed by atoms with Gasteiger partial charge in [-0.25, -0.2) is 8.78 Å². The zero-order valence-corrected chi connectivity index (χ0v) is 16.2. The standard InChI is InChI=1S/C25H19F2NO2/c26-19-8-3-7-16(13-19)23-22(30-21-10-4-9-20(27)24(21)25(23)29)11-12-28-14-17-5-1-2-6-18(17)15-28/h1-10,13H,11-12,14-15H2. The molecule has 0 saturated carbocycles. The van der Waals surface area contributed by atoms with E-state index in [0.717, 1.165) is 13.1 Å². The van der Waals surface area contributed by atoms with Crippen molar-refractivity contribution in [3.63, 3.8) is 0 Å². The van der Waals surface area contributed by atoms with Crippen LogP contribution >= 0.6 is 0 Å². The molecule has 5 heteroatoms. The molecule has 5 rings (SSSR count). The van der Waals surface area contributed by atoms with Crippen LogP contribution in [0.3, 0.4) is 0 Å². The van der Waals surface area contributed by atoms with Gasteiger partial charge < -0.3 is 4.42 Å². The predicted octanol–water partition coefficient (Wildman–Crippen LogP) is 5.30. The fraction of sp³-hybridized carbons (Fsp3) is 0.160. The van der Waals surface area contributed by atoms with Gasteiger partial charge >= 0.3 is 0 Å². The van der Waals surface area contributed by atoms with Crippen LogP contribution in [0.25, 0.3) is 22.1 Å². The molecule has 4 aromatic rings. The van der Waals surface area contributed by atoms with Crippen molar-refractivity contribution in [2.45, 2.75) is 19.5 Å². The molecule has 0 aliphatic carbocycles. The van der Waals surface area contributed by atoms with Crippen molar-refractivity contribution in [3.05, 3.63) is 105 Å². The Morgan fingerprint density at radius 3 is 2.37 bits per heavy atom. The minimum atomic E-state index is -0.638. The number of benzene rings is 3. The molecule has 2 heterocycles. The average molecular weight is 403 g/mol. The lowest BCUT2D eigenvalue weighted by molar-refractivity contribution is 0.281. The second-order valence-electron chi connectivity index (χ2n) is 7.58. The van der Waals surface area contributed by atoms with Crippen LogP contribution in [0, 0.1) is 11.6 Å². The van der Waals surface area contributed by atoms with Gasteiger partial charge in [0, 0.05) is 26.1 Å². The van der Waals surface area contributed by atoms with E-state index in [1.165, 1.54) is 41.5 Å². The summed E-state index contributed by atoms with van der Waals surface area (Å²) in [4.78, 5) is 15.5. The van der Waals surface area contributed by atoms with Gasteiger partial charge in [0.25, 0.3) is 0 Å². The van der Waals surface area contributed by atoms with Crippen LogP contribution in [0.15, 0.2) is 75.9 Å². The average Bonchev–Trinajstić information content (AvgIpc) is 3.15. The molecule has 1 aromatic heterocycles. The monoisotopic (exact) mass is 403 g/mol. The Kier molecular flexibility index (Phi) is 4.68. The van der Waals surface area contributed by atoms with E-state index in [-0.39, 0.29) is 16.5 Å². The first-order chi connectivity index (χ1) is 14.6. The smallest absolute Gasteiger partial charge is 0.203 e. The van der Waals surface area contributed by atoms with E-state index in [1.54, 1.807) is 12.1 Å². The van der Waals surface area contributed by atoms with Crippen LogP contribution in [0.4, 0.5) is 8.78 Å². The number of hydrogen-bond donors (Lipinski definition) is 0. The molecule has 0 amide bonds. The van der Waals surface area contributed by atoms with Crippen LogP contribution < -0.4 is 5.43 Å². The summed E-state index contributed by atoms with van der Waals surface area (Å²) in [5.74, 6) is -0.651. The van der Waals surface area contributed by atoms with E-state index in [2.05, 4.69) is 17.0 Å². The van der Waals surface area contributed by atoms with Gasteiger partial charge in [-0.1, -0.05) is 42.5 Å². The molecule has 3 nitrogen and oxygen atoms in total. The molecular formula is C25H19F2NO2. The highest BCUT2D eigenvalue weighted by Gasteiger charge is 2.22. The summed E-state index contributed by atoms with van der Waals surface area (Å²) < 4.78 is 34.3. The predicted molar refractivity (Wildman–Crippen MR) is 112 cm³/mol. The Morgan fingerprint density at radius 1 is 0.900 bits per heavy atom. The maximum absolute atomic E-state index is 14.4. The number of nitrogens with zero attached hydrogens (tertiary/aromatic N) is 1. The van der Waals surface area contributed by atoms with Gasteiger partial charge in [0.1, 0.15) is 28.4 Å². The molecule has 0 saturated heterocycles. The van der Waals surface area contributed by atoms with Gasteiger partial charge in [0.2, 0.25) is 5.43 Å². The van der Waals surface area contributed by atoms with Crippen LogP contribution in [-0.4, -0.2) is 11.4 Å². The van der Waals surface area contributed by atoms with Crippen molar-refractivity contribution < 1.29 is 13.2 Å². The van der Waals surface area contributed by atoms with Crippen molar-refractivity contribution in [2.24, 2.45) is 0 Å². The lowest BCUT2D eigenvalue weighted by Crippen LogP contribution is -2.21. The van der Waals surface area contributed by atoms with Crippen molar-refractivity contribution in [1.29, 1.82) is 0 Å². The lowest BCUT2D eigenvalue weighted by atomic mass is 10.00. The molecule has 150 valence electrons. The fourth-order valence-corrected chi connectivity index (χ4v) is 4.18. The molecule has 0 bridgehead atoms. The first kappa shape index (κ1) is 18.7. The summed E-state index contributed by atoms with van der Waals surface area (Å²) in [5, 5.41) is -0.103. The third kappa shape index (κ3) is 3.31. The van der Waals surface area contributed by atoms with Crippen LogP contribution in [-0.2, 0) is 19.5 Å². The highest BCUT2D eigenvalue weighted by atomic mass is 19.1. The molecule has 0 fully saturated rings. The molecule has 1 aliphatic heterocycles. The Bertz CT molecular complexity index is 1290. The van der Waals surface area contributed by atoms with E-state index in [9.17, 15) is 13.6 Å². The SMILES string of the molecule is O=c1c(-c2cccc(F)c2)c(CCN2Cc3ccccc3C2)oc2cccc(F)c12. The van der Waals surface area contributed by atoms with Gasteiger partial charge in [-0.15, -0.1) is 0 Å². The minimum absolute atomic E-state index is 0.103. The van der Waals surface area contributed by atoms with Crippen LogP contribution in [0.5, 0.6) is 0 Å². The maximum atomic E-state index is 14.4. The molecule has 1 aliphatic rings. The third-order valence-electron chi connectivity index (χ3n) is 5.62. The molecule has 0 N–H and O–H groups in total. The normalized spacial score (nSPS) is 13.7. The van der Waals surface area contributed by atoms with Crippen molar-refractivity contribution in [2.75, 3.05) is 6.54 Å². The maximum Gasteiger partial charge on any atom is 0.203 e. The number of rotatable bonds is 4. The Balaban J connectivity index is 1.55. The van der Waals surface area contributed by atoms with Crippen LogP contribution in [0.2, 0.25) is 0 Å². The van der Waals surface area contributed by atoms with E-state index in [1.807, 2.05) is 12.1 Å². The van der Waals surface area contributed by atoms with E-state index < -0.39 is 17.1 Å². The fourth-order valence-electron chi connectivity index (χ4n) is 4.18. The Labute approximate surface area is 172 Å². The molecular weight excluding hydrogens is 384 g/mol. The number of fused-ring (bicyclic) bond motifs is 2. The summed E-state index contributed by atoms with van der Waals surface area (Å²) in [7, 11) is 0. The van der Waals surface area contributed by atoms with Gasteiger partial charge in [0.05, 0.1) is 5.56 Å². The van der Waals surface area contributed by atoms with E-state index in [4.69, 9.17) is 4.42 Å². The summed E-state index contributed by atoms with van der Waals surface area (Å²) >= 11 is 0.